The number of hydrogen-bond donors (Lipinski definition) is 3. The zero-order chi connectivity index (χ0) is 19.0. The molecule has 0 spiro atoms. The Morgan fingerprint density at radius 1 is 1.37 bits per heavy atom. The van der Waals surface area contributed by atoms with Crippen molar-refractivity contribution < 1.29 is 9.84 Å². The Morgan fingerprint density at radius 3 is 3.07 bits per heavy atom. The van der Waals surface area contributed by atoms with Crippen molar-refractivity contribution in [2.75, 3.05) is 39.5 Å². The van der Waals surface area contributed by atoms with Gasteiger partial charge in [-0.15, -0.1) is 10.2 Å². The molecule has 1 aliphatic rings. The number of ether oxygens (including phenoxy) is 1. The lowest BCUT2D eigenvalue weighted by atomic mass is 9.84. The fraction of sp³-hybridized carbons (Fsp3) is 0.632. The van der Waals surface area contributed by atoms with Gasteiger partial charge in [0.25, 0.3) is 0 Å². The molecule has 1 aliphatic heterocycles. The molecule has 2 aromatic rings. The predicted molar refractivity (Wildman–Crippen MR) is 105 cm³/mol. The summed E-state index contributed by atoms with van der Waals surface area (Å²) in [5.74, 6) is 1.78. The Bertz CT molecular complexity index is 739. The number of aliphatic imine (C=N–C) groups is 1. The van der Waals surface area contributed by atoms with E-state index >= 15 is 0 Å². The Balaban J connectivity index is 1.50. The van der Waals surface area contributed by atoms with Gasteiger partial charge in [-0.2, -0.15) is 0 Å². The summed E-state index contributed by atoms with van der Waals surface area (Å²) in [5, 5.41) is 24.5. The first-order chi connectivity index (χ1) is 13.3. The summed E-state index contributed by atoms with van der Waals surface area (Å²) in [5.41, 5.74) is 0.848. The Hall–Kier alpha value is -2.19. The molecule has 0 amide bonds. The van der Waals surface area contributed by atoms with E-state index in [4.69, 9.17) is 9.73 Å². The highest BCUT2D eigenvalue weighted by Crippen LogP contribution is 2.32. The zero-order valence-electron chi connectivity index (χ0n) is 16.0. The third kappa shape index (κ3) is 5.17. The average molecular weight is 374 g/mol. The van der Waals surface area contributed by atoms with Crippen LogP contribution in [0.1, 0.15) is 32.0 Å². The number of aliphatic hydroxyl groups excluding tert-OH is 1. The summed E-state index contributed by atoms with van der Waals surface area (Å²) in [6.45, 7) is 5.94. The van der Waals surface area contributed by atoms with Crippen LogP contribution in [0, 0.1) is 5.41 Å². The number of nitrogens with zero attached hydrogens (tertiary/aromatic N) is 4. The molecule has 1 atom stereocenters. The van der Waals surface area contributed by atoms with Gasteiger partial charge in [0.2, 0.25) is 0 Å². The van der Waals surface area contributed by atoms with Crippen molar-refractivity contribution in [2.45, 2.75) is 32.6 Å². The summed E-state index contributed by atoms with van der Waals surface area (Å²) in [6.07, 6.45) is 5.46. The third-order valence-electron chi connectivity index (χ3n) is 5.00. The minimum absolute atomic E-state index is 0.0302. The molecule has 2 aromatic heterocycles. The van der Waals surface area contributed by atoms with E-state index in [0.29, 0.717) is 13.2 Å². The van der Waals surface area contributed by atoms with Gasteiger partial charge in [0.05, 0.1) is 13.2 Å². The second-order valence-electron chi connectivity index (χ2n) is 7.05. The number of nitrogens with one attached hydrogen (secondary N) is 2. The molecule has 8 heteroatoms. The van der Waals surface area contributed by atoms with Crippen LogP contribution >= 0.6 is 0 Å². The molecular formula is C19H30N6O2. The summed E-state index contributed by atoms with van der Waals surface area (Å²) in [4.78, 5) is 4.74. The minimum atomic E-state index is -0.0302. The van der Waals surface area contributed by atoms with Crippen LogP contribution in [0.3, 0.4) is 0 Å². The van der Waals surface area contributed by atoms with Gasteiger partial charge in [0.15, 0.2) is 11.6 Å². The maximum Gasteiger partial charge on any atom is 0.191 e. The van der Waals surface area contributed by atoms with E-state index in [1.54, 1.807) is 0 Å². The van der Waals surface area contributed by atoms with E-state index in [9.17, 15) is 5.11 Å². The molecule has 1 fully saturated rings. The molecule has 0 aromatic carbocycles. The van der Waals surface area contributed by atoms with Gasteiger partial charge in [-0.1, -0.05) is 6.07 Å². The van der Waals surface area contributed by atoms with E-state index in [0.717, 1.165) is 62.8 Å². The van der Waals surface area contributed by atoms with Crippen molar-refractivity contribution in [3.8, 4) is 0 Å². The van der Waals surface area contributed by atoms with Crippen molar-refractivity contribution in [3.63, 3.8) is 0 Å². The second kappa shape index (κ2) is 9.66. The SMILES string of the molecule is CCNC(=NCC1(CCO)CCOC1)NCCCc1nnc2ccccn12. The van der Waals surface area contributed by atoms with Crippen LogP contribution in [0.5, 0.6) is 0 Å². The lowest BCUT2D eigenvalue weighted by Crippen LogP contribution is -2.39. The summed E-state index contributed by atoms with van der Waals surface area (Å²) >= 11 is 0. The summed E-state index contributed by atoms with van der Waals surface area (Å²) in [7, 11) is 0. The van der Waals surface area contributed by atoms with Crippen LogP contribution < -0.4 is 10.6 Å². The predicted octanol–water partition coefficient (Wildman–Crippen LogP) is 1.01. The molecule has 27 heavy (non-hydrogen) atoms. The molecule has 0 radical (unpaired) electrons. The minimum Gasteiger partial charge on any atom is -0.396 e. The van der Waals surface area contributed by atoms with Crippen LogP contribution in [0.15, 0.2) is 29.4 Å². The van der Waals surface area contributed by atoms with Gasteiger partial charge < -0.3 is 20.5 Å². The number of aliphatic hydroxyl groups is 1. The van der Waals surface area contributed by atoms with E-state index in [2.05, 4.69) is 27.8 Å². The van der Waals surface area contributed by atoms with Crippen LogP contribution in [-0.4, -0.2) is 65.1 Å². The van der Waals surface area contributed by atoms with Gasteiger partial charge in [0, 0.05) is 44.3 Å². The molecule has 148 valence electrons. The van der Waals surface area contributed by atoms with Crippen LogP contribution in [0.25, 0.3) is 5.65 Å². The number of aromatic nitrogens is 3. The number of hydrogen-bond acceptors (Lipinski definition) is 5. The van der Waals surface area contributed by atoms with Gasteiger partial charge in [-0.3, -0.25) is 9.39 Å². The molecule has 0 bridgehead atoms. The molecule has 3 N–H and O–H groups in total. The van der Waals surface area contributed by atoms with E-state index < -0.39 is 0 Å². The molecular weight excluding hydrogens is 344 g/mol. The quantitative estimate of drug-likeness (QED) is 0.344. The van der Waals surface area contributed by atoms with Crippen LogP contribution in [-0.2, 0) is 11.2 Å². The molecule has 1 unspecified atom stereocenters. The van der Waals surface area contributed by atoms with Crippen LogP contribution in [0.2, 0.25) is 0 Å². The highest BCUT2D eigenvalue weighted by atomic mass is 16.5. The fourth-order valence-corrected chi connectivity index (χ4v) is 3.39. The molecule has 8 nitrogen and oxygen atoms in total. The number of pyridine rings is 1. The number of rotatable bonds is 9. The van der Waals surface area contributed by atoms with E-state index in [-0.39, 0.29) is 12.0 Å². The monoisotopic (exact) mass is 374 g/mol. The average Bonchev–Trinajstić information content (AvgIpc) is 3.31. The maximum absolute atomic E-state index is 9.35. The highest BCUT2D eigenvalue weighted by molar-refractivity contribution is 5.79. The number of aryl methyl sites for hydroxylation is 1. The first-order valence-electron chi connectivity index (χ1n) is 9.76. The fourth-order valence-electron chi connectivity index (χ4n) is 3.39. The Labute approximate surface area is 160 Å². The zero-order valence-corrected chi connectivity index (χ0v) is 16.0. The first-order valence-corrected chi connectivity index (χ1v) is 9.76. The first kappa shape index (κ1) is 19.6. The Morgan fingerprint density at radius 2 is 2.30 bits per heavy atom. The van der Waals surface area contributed by atoms with Crippen molar-refractivity contribution >= 4 is 11.6 Å². The maximum atomic E-state index is 9.35. The highest BCUT2D eigenvalue weighted by Gasteiger charge is 2.34. The molecule has 3 heterocycles. The molecule has 3 rings (SSSR count). The smallest absolute Gasteiger partial charge is 0.191 e. The Kier molecular flexibility index (Phi) is 7.00. The van der Waals surface area contributed by atoms with Gasteiger partial charge in [0.1, 0.15) is 5.82 Å². The van der Waals surface area contributed by atoms with Gasteiger partial charge in [-0.25, -0.2) is 0 Å². The van der Waals surface area contributed by atoms with Gasteiger partial charge in [-0.05, 0) is 38.3 Å². The lowest BCUT2D eigenvalue weighted by molar-refractivity contribution is 0.131. The lowest BCUT2D eigenvalue weighted by Gasteiger charge is -2.24. The van der Waals surface area contributed by atoms with Crippen molar-refractivity contribution in [1.82, 2.24) is 25.2 Å². The van der Waals surface area contributed by atoms with Crippen molar-refractivity contribution in [2.24, 2.45) is 10.4 Å². The normalized spacial score (nSPS) is 20.3. The van der Waals surface area contributed by atoms with E-state index in [1.807, 2.05) is 28.8 Å². The van der Waals surface area contributed by atoms with Gasteiger partial charge >= 0.3 is 0 Å². The molecule has 0 aliphatic carbocycles. The number of fused-ring (bicyclic) bond motifs is 1. The summed E-state index contributed by atoms with van der Waals surface area (Å²) in [6, 6.07) is 5.91. The van der Waals surface area contributed by atoms with Crippen LogP contribution in [0.4, 0.5) is 0 Å². The largest absolute Gasteiger partial charge is 0.396 e. The summed E-state index contributed by atoms with van der Waals surface area (Å²) < 4.78 is 7.57. The standard InChI is InChI=1S/C19H30N6O2/c1-2-20-18(22-14-19(8-12-26)9-13-27-15-19)21-10-5-7-17-24-23-16-6-3-4-11-25(16)17/h3-4,6,11,26H,2,5,7-10,12-15H2,1H3,(H2,20,21,22). The van der Waals surface area contributed by atoms with Crippen molar-refractivity contribution in [1.29, 1.82) is 0 Å². The van der Waals surface area contributed by atoms with E-state index in [1.165, 1.54) is 0 Å². The molecule has 1 saturated heterocycles. The third-order valence-corrected chi connectivity index (χ3v) is 5.00. The topological polar surface area (TPSA) is 96.1 Å². The van der Waals surface area contributed by atoms with Crippen molar-refractivity contribution in [3.05, 3.63) is 30.2 Å². The number of guanidine groups is 1. The molecule has 0 saturated carbocycles. The second-order valence-corrected chi connectivity index (χ2v) is 7.05.